The Bertz CT molecular complexity index is 742. The zero-order valence-corrected chi connectivity index (χ0v) is 14.5. The van der Waals surface area contributed by atoms with E-state index in [9.17, 15) is 9.18 Å². The number of halogens is 1. The van der Waals surface area contributed by atoms with E-state index in [-0.39, 0.29) is 28.1 Å². The van der Waals surface area contributed by atoms with Crippen LogP contribution in [-0.2, 0) is 4.79 Å². The summed E-state index contributed by atoms with van der Waals surface area (Å²) >= 11 is 4.89. The van der Waals surface area contributed by atoms with Crippen LogP contribution in [0.1, 0.15) is 44.2 Å². The van der Waals surface area contributed by atoms with E-state index in [0.717, 1.165) is 17.7 Å². The van der Waals surface area contributed by atoms with E-state index in [1.54, 1.807) is 6.07 Å². The number of fused-ring (bicyclic) bond motifs is 1. The highest BCUT2D eigenvalue weighted by molar-refractivity contribution is 7.80. The lowest BCUT2D eigenvalue weighted by Gasteiger charge is -2.45. The molecule has 2 heterocycles. The Kier molecular flexibility index (Phi) is 3.67. The van der Waals surface area contributed by atoms with Crippen LogP contribution in [0.25, 0.3) is 6.08 Å². The number of benzene rings is 1. The molecule has 6 heteroatoms. The van der Waals surface area contributed by atoms with Crippen molar-refractivity contribution in [2.24, 2.45) is 0 Å². The molecule has 1 aromatic carbocycles. The lowest BCUT2D eigenvalue weighted by molar-refractivity contribution is -0.115. The number of nitrogens with zero attached hydrogens (tertiary/aromatic N) is 1. The Balaban J connectivity index is 2.06. The highest BCUT2D eigenvalue weighted by atomic mass is 32.1. The molecular formula is C17H20FN3OS. The molecule has 1 saturated heterocycles. The molecule has 4 nitrogen and oxygen atoms in total. The average molecular weight is 333 g/mol. The Labute approximate surface area is 140 Å². The predicted molar refractivity (Wildman–Crippen MR) is 93.8 cm³/mol. The molecule has 1 fully saturated rings. The molecule has 2 aliphatic heterocycles. The van der Waals surface area contributed by atoms with E-state index in [0.29, 0.717) is 11.5 Å². The van der Waals surface area contributed by atoms with Crippen molar-refractivity contribution in [1.29, 1.82) is 0 Å². The molecule has 0 radical (unpaired) electrons. The molecule has 0 saturated carbocycles. The van der Waals surface area contributed by atoms with Gasteiger partial charge in [-0.1, -0.05) is 6.92 Å². The highest BCUT2D eigenvalue weighted by Gasteiger charge is 2.34. The summed E-state index contributed by atoms with van der Waals surface area (Å²) in [6.45, 7) is 6.47. The predicted octanol–water partition coefficient (Wildman–Crippen LogP) is 2.89. The Hall–Kier alpha value is -1.95. The summed E-state index contributed by atoms with van der Waals surface area (Å²) in [5, 5.41) is 5.47. The number of hydrogen-bond donors (Lipinski definition) is 2. The summed E-state index contributed by atoms with van der Waals surface area (Å²) in [6.07, 6.45) is 2.50. The molecule has 23 heavy (non-hydrogen) atoms. The summed E-state index contributed by atoms with van der Waals surface area (Å²) in [6, 6.07) is 3.40. The van der Waals surface area contributed by atoms with E-state index < -0.39 is 0 Å². The van der Waals surface area contributed by atoms with Crippen LogP contribution in [-0.4, -0.2) is 23.6 Å². The quantitative estimate of drug-likeness (QED) is 0.613. The van der Waals surface area contributed by atoms with Gasteiger partial charge in [-0.05, 0) is 62.2 Å². The standard InChI is InChI=1S/C17H20FN3OS/c1-9-8-17(2,3)21(4)14-7-12(18)10(5-11(9)14)6-13-15(22)20-16(23)19-13/h5-7,9H,8H2,1-4H3,(H2,19,20,22,23)/b13-6-. The SMILES string of the molecule is CC1CC(C)(C)N(C)c2cc(F)c(/C=C3\NC(=S)NC3=O)cc21. The zero-order valence-electron chi connectivity index (χ0n) is 13.7. The summed E-state index contributed by atoms with van der Waals surface area (Å²) in [4.78, 5) is 13.9. The first-order chi connectivity index (χ1) is 10.7. The van der Waals surface area contributed by atoms with Crippen molar-refractivity contribution in [3.63, 3.8) is 0 Å². The molecule has 0 aliphatic carbocycles. The van der Waals surface area contributed by atoms with Gasteiger partial charge in [0, 0.05) is 23.8 Å². The molecule has 0 aromatic heterocycles. The first-order valence-electron chi connectivity index (χ1n) is 7.60. The normalized spacial score (nSPS) is 24.5. The van der Waals surface area contributed by atoms with Crippen LogP contribution in [0.3, 0.4) is 0 Å². The van der Waals surface area contributed by atoms with E-state index in [1.165, 1.54) is 6.08 Å². The van der Waals surface area contributed by atoms with Crippen LogP contribution in [0.2, 0.25) is 0 Å². The van der Waals surface area contributed by atoms with Crippen molar-refractivity contribution in [2.75, 3.05) is 11.9 Å². The third-order valence-electron chi connectivity index (χ3n) is 4.77. The third-order valence-corrected chi connectivity index (χ3v) is 4.98. The lowest BCUT2D eigenvalue weighted by Crippen LogP contribution is -2.45. The van der Waals surface area contributed by atoms with Crippen LogP contribution in [0.5, 0.6) is 0 Å². The molecule has 0 spiro atoms. The van der Waals surface area contributed by atoms with Gasteiger partial charge < -0.3 is 10.2 Å². The van der Waals surface area contributed by atoms with Crippen molar-refractivity contribution in [2.45, 2.75) is 38.6 Å². The molecule has 2 aliphatic rings. The Morgan fingerprint density at radius 1 is 1.39 bits per heavy atom. The second kappa shape index (κ2) is 5.30. The highest BCUT2D eigenvalue weighted by Crippen LogP contribution is 2.43. The van der Waals surface area contributed by atoms with Gasteiger partial charge in [0.25, 0.3) is 5.91 Å². The minimum Gasteiger partial charge on any atom is -0.369 e. The summed E-state index contributed by atoms with van der Waals surface area (Å²) in [5.74, 6) is -0.362. The van der Waals surface area contributed by atoms with Crippen LogP contribution < -0.4 is 15.5 Å². The van der Waals surface area contributed by atoms with Gasteiger partial charge in [0.15, 0.2) is 5.11 Å². The van der Waals surface area contributed by atoms with Gasteiger partial charge >= 0.3 is 0 Å². The van der Waals surface area contributed by atoms with E-state index in [1.807, 2.05) is 13.1 Å². The molecule has 0 bridgehead atoms. The molecule has 3 rings (SSSR count). The number of carbonyl (C=O) groups excluding carboxylic acids is 1. The maximum absolute atomic E-state index is 14.5. The van der Waals surface area contributed by atoms with Gasteiger partial charge in [0.2, 0.25) is 0 Å². The molecule has 1 amide bonds. The molecule has 1 atom stereocenters. The fourth-order valence-corrected chi connectivity index (χ4v) is 3.56. The fourth-order valence-electron chi connectivity index (χ4n) is 3.35. The molecule has 122 valence electrons. The van der Waals surface area contributed by atoms with Crippen molar-refractivity contribution >= 4 is 35.0 Å². The van der Waals surface area contributed by atoms with E-state index >= 15 is 0 Å². The maximum atomic E-state index is 14.5. The topological polar surface area (TPSA) is 44.4 Å². The van der Waals surface area contributed by atoms with Crippen LogP contribution in [0, 0.1) is 5.82 Å². The van der Waals surface area contributed by atoms with Crippen LogP contribution in [0.15, 0.2) is 17.8 Å². The molecule has 1 aromatic rings. The Morgan fingerprint density at radius 2 is 2.09 bits per heavy atom. The van der Waals surface area contributed by atoms with E-state index in [4.69, 9.17) is 12.2 Å². The van der Waals surface area contributed by atoms with Gasteiger partial charge in [-0.2, -0.15) is 0 Å². The van der Waals surface area contributed by atoms with Crippen molar-refractivity contribution in [1.82, 2.24) is 10.6 Å². The smallest absolute Gasteiger partial charge is 0.273 e. The largest absolute Gasteiger partial charge is 0.369 e. The summed E-state index contributed by atoms with van der Waals surface area (Å²) in [5.41, 5.74) is 2.66. The van der Waals surface area contributed by atoms with Gasteiger partial charge in [-0.15, -0.1) is 0 Å². The monoisotopic (exact) mass is 333 g/mol. The number of nitrogens with one attached hydrogen (secondary N) is 2. The van der Waals surface area contributed by atoms with Gasteiger partial charge in [-0.25, -0.2) is 4.39 Å². The second-order valence-electron chi connectivity index (χ2n) is 6.88. The maximum Gasteiger partial charge on any atom is 0.273 e. The minimum absolute atomic E-state index is 0.0160. The zero-order chi connectivity index (χ0) is 16.9. The minimum atomic E-state index is -0.347. The third kappa shape index (κ3) is 2.72. The van der Waals surface area contributed by atoms with Gasteiger partial charge in [0.1, 0.15) is 11.5 Å². The van der Waals surface area contributed by atoms with Crippen LogP contribution >= 0.6 is 12.2 Å². The number of anilines is 1. The Morgan fingerprint density at radius 3 is 2.70 bits per heavy atom. The summed E-state index contributed by atoms with van der Waals surface area (Å²) < 4.78 is 14.5. The number of thiocarbonyl (C=S) groups is 1. The lowest BCUT2D eigenvalue weighted by atomic mass is 9.80. The van der Waals surface area contributed by atoms with E-state index in [2.05, 4.69) is 36.3 Å². The van der Waals surface area contributed by atoms with Gasteiger partial charge in [-0.3, -0.25) is 10.1 Å². The first kappa shape index (κ1) is 15.9. The van der Waals surface area contributed by atoms with Crippen molar-refractivity contribution in [3.8, 4) is 0 Å². The van der Waals surface area contributed by atoms with Gasteiger partial charge in [0.05, 0.1) is 0 Å². The first-order valence-corrected chi connectivity index (χ1v) is 8.01. The fraction of sp³-hybridized carbons (Fsp3) is 0.412. The molecular weight excluding hydrogens is 313 g/mol. The number of hydrogen-bond acceptors (Lipinski definition) is 3. The summed E-state index contributed by atoms with van der Waals surface area (Å²) in [7, 11) is 1.99. The van der Waals surface area contributed by atoms with Crippen molar-refractivity contribution in [3.05, 3.63) is 34.8 Å². The average Bonchev–Trinajstić information content (AvgIpc) is 2.76. The molecule has 2 N–H and O–H groups in total. The number of carbonyl (C=O) groups is 1. The van der Waals surface area contributed by atoms with Crippen molar-refractivity contribution < 1.29 is 9.18 Å². The second-order valence-corrected chi connectivity index (χ2v) is 7.28. The molecule has 1 unspecified atom stereocenters. The van der Waals surface area contributed by atoms with Crippen LogP contribution in [0.4, 0.5) is 10.1 Å². The number of rotatable bonds is 1. The number of amides is 1.